The average Bonchev–Trinajstić information content (AvgIpc) is 3.16. The Morgan fingerprint density at radius 1 is 1.21 bits per heavy atom. The van der Waals surface area contributed by atoms with Gasteiger partial charge < -0.3 is 15.3 Å². The molecule has 0 spiro atoms. The van der Waals surface area contributed by atoms with E-state index in [0.717, 1.165) is 40.6 Å². The third-order valence-electron chi connectivity index (χ3n) is 5.78. The molecule has 0 atom stereocenters. The SMILES string of the molecule is CC(=O)Cc1ccc(Sc2nc(Nc3cc(C)[nH]n3)c(C)c(N3CCC(C)(O)CC3)n2)cc1. The maximum absolute atomic E-state index is 11.4. The molecule has 1 saturated heterocycles. The molecule has 0 aliphatic carbocycles. The number of nitrogens with zero attached hydrogens (tertiary/aromatic N) is 4. The van der Waals surface area contributed by atoms with Crippen molar-refractivity contribution >= 4 is 35.0 Å². The van der Waals surface area contributed by atoms with E-state index >= 15 is 0 Å². The van der Waals surface area contributed by atoms with Crippen LogP contribution in [0.1, 0.15) is 43.5 Å². The number of Topliss-reactive ketones (excluding diaryl/α,β-unsaturated/α-hetero) is 1. The van der Waals surface area contributed by atoms with Crippen LogP contribution in [0.3, 0.4) is 0 Å². The number of hydrogen-bond acceptors (Lipinski definition) is 8. The van der Waals surface area contributed by atoms with Gasteiger partial charge >= 0.3 is 0 Å². The lowest BCUT2D eigenvalue weighted by molar-refractivity contribution is -0.116. The first-order valence-electron chi connectivity index (χ1n) is 11.1. The van der Waals surface area contributed by atoms with Crippen LogP contribution < -0.4 is 10.2 Å². The van der Waals surface area contributed by atoms with Crippen molar-refractivity contribution in [1.82, 2.24) is 20.2 Å². The van der Waals surface area contributed by atoms with E-state index in [-0.39, 0.29) is 5.78 Å². The predicted octanol–water partition coefficient (Wildman–Crippen LogP) is 4.19. The van der Waals surface area contributed by atoms with Crippen molar-refractivity contribution in [3.63, 3.8) is 0 Å². The molecule has 3 heterocycles. The molecule has 0 saturated carbocycles. The van der Waals surface area contributed by atoms with Crippen LogP contribution in [-0.2, 0) is 11.2 Å². The van der Waals surface area contributed by atoms with Gasteiger partial charge in [-0.1, -0.05) is 12.1 Å². The Labute approximate surface area is 198 Å². The van der Waals surface area contributed by atoms with Crippen molar-refractivity contribution in [3.05, 3.63) is 47.2 Å². The van der Waals surface area contributed by atoms with E-state index in [1.165, 1.54) is 11.8 Å². The zero-order valence-corrected chi connectivity index (χ0v) is 20.3. The van der Waals surface area contributed by atoms with E-state index in [0.29, 0.717) is 36.1 Å². The maximum Gasteiger partial charge on any atom is 0.196 e. The molecule has 1 fully saturated rings. The van der Waals surface area contributed by atoms with E-state index in [9.17, 15) is 9.90 Å². The van der Waals surface area contributed by atoms with Gasteiger partial charge in [-0.3, -0.25) is 9.89 Å². The summed E-state index contributed by atoms with van der Waals surface area (Å²) in [7, 11) is 0. The first-order valence-corrected chi connectivity index (χ1v) is 11.9. The lowest BCUT2D eigenvalue weighted by Crippen LogP contribution is -2.43. The molecule has 1 aliphatic heterocycles. The Morgan fingerprint density at radius 2 is 1.91 bits per heavy atom. The van der Waals surface area contributed by atoms with Gasteiger partial charge in [0.05, 0.1) is 5.60 Å². The molecule has 174 valence electrons. The lowest BCUT2D eigenvalue weighted by atomic mass is 9.94. The van der Waals surface area contributed by atoms with Crippen LogP contribution in [0, 0.1) is 13.8 Å². The normalized spacial score (nSPS) is 15.5. The summed E-state index contributed by atoms with van der Waals surface area (Å²) in [5, 5.41) is 21.6. The van der Waals surface area contributed by atoms with E-state index in [4.69, 9.17) is 9.97 Å². The molecule has 3 N–H and O–H groups in total. The van der Waals surface area contributed by atoms with Crippen LogP contribution in [0.2, 0.25) is 0 Å². The molecule has 0 amide bonds. The van der Waals surface area contributed by atoms with Crippen molar-refractivity contribution in [2.45, 2.75) is 62.6 Å². The van der Waals surface area contributed by atoms with Crippen molar-refractivity contribution in [2.24, 2.45) is 0 Å². The highest BCUT2D eigenvalue weighted by Crippen LogP contribution is 2.34. The predicted molar refractivity (Wildman–Crippen MR) is 130 cm³/mol. The molecule has 4 rings (SSSR count). The van der Waals surface area contributed by atoms with Gasteiger partial charge in [0.15, 0.2) is 11.0 Å². The summed E-state index contributed by atoms with van der Waals surface area (Å²) in [6.45, 7) is 8.91. The molecule has 0 radical (unpaired) electrons. The summed E-state index contributed by atoms with van der Waals surface area (Å²) in [5.74, 6) is 2.42. The first kappa shape index (κ1) is 23.3. The average molecular weight is 467 g/mol. The van der Waals surface area contributed by atoms with Gasteiger partial charge in [-0.15, -0.1) is 0 Å². The second kappa shape index (κ2) is 9.52. The number of rotatable bonds is 7. The Bertz CT molecular complexity index is 1130. The summed E-state index contributed by atoms with van der Waals surface area (Å²) < 4.78 is 0. The molecule has 3 aromatic rings. The minimum absolute atomic E-state index is 0.145. The highest BCUT2D eigenvalue weighted by Gasteiger charge is 2.29. The zero-order chi connectivity index (χ0) is 23.6. The molecular formula is C24H30N6O2S. The summed E-state index contributed by atoms with van der Waals surface area (Å²) >= 11 is 1.48. The number of aromatic amines is 1. The molecule has 0 bridgehead atoms. The Balaban J connectivity index is 1.63. The largest absolute Gasteiger partial charge is 0.390 e. The number of H-pyrrole nitrogens is 1. The number of aromatic nitrogens is 4. The number of hydrogen-bond donors (Lipinski definition) is 3. The van der Waals surface area contributed by atoms with Crippen LogP contribution >= 0.6 is 11.8 Å². The molecule has 33 heavy (non-hydrogen) atoms. The number of carbonyl (C=O) groups excluding carboxylic acids is 1. The van der Waals surface area contributed by atoms with Crippen molar-refractivity contribution in [1.29, 1.82) is 0 Å². The topological polar surface area (TPSA) is 107 Å². The molecule has 8 nitrogen and oxygen atoms in total. The number of benzene rings is 1. The fourth-order valence-electron chi connectivity index (χ4n) is 3.83. The number of ketones is 1. The fraction of sp³-hybridized carbons (Fsp3) is 0.417. The van der Waals surface area contributed by atoms with Crippen LogP contribution in [0.5, 0.6) is 0 Å². The van der Waals surface area contributed by atoms with Gasteiger partial charge in [0.2, 0.25) is 0 Å². The van der Waals surface area contributed by atoms with Crippen LogP contribution in [-0.4, -0.2) is 49.7 Å². The molecule has 2 aromatic heterocycles. The number of piperidine rings is 1. The van der Waals surface area contributed by atoms with E-state index in [1.54, 1.807) is 6.92 Å². The van der Waals surface area contributed by atoms with Gasteiger partial charge in [-0.25, -0.2) is 9.97 Å². The highest BCUT2D eigenvalue weighted by molar-refractivity contribution is 7.99. The van der Waals surface area contributed by atoms with Gasteiger partial charge in [-0.05, 0) is 70.0 Å². The number of carbonyl (C=O) groups is 1. The van der Waals surface area contributed by atoms with E-state index < -0.39 is 5.60 Å². The number of nitrogens with one attached hydrogen (secondary N) is 2. The third-order valence-corrected chi connectivity index (χ3v) is 6.65. The Morgan fingerprint density at radius 3 is 2.52 bits per heavy atom. The summed E-state index contributed by atoms with van der Waals surface area (Å²) in [5.41, 5.74) is 2.26. The summed E-state index contributed by atoms with van der Waals surface area (Å²) in [6, 6.07) is 9.86. The second-order valence-electron chi connectivity index (χ2n) is 8.97. The van der Waals surface area contributed by atoms with Crippen molar-refractivity contribution < 1.29 is 9.90 Å². The van der Waals surface area contributed by atoms with Crippen LogP contribution in [0.25, 0.3) is 0 Å². The quantitative estimate of drug-likeness (QED) is 0.445. The Kier molecular flexibility index (Phi) is 6.71. The number of anilines is 3. The fourth-order valence-corrected chi connectivity index (χ4v) is 4.58. The summed E-state index contributed by atoms with van der Waals surface area (Å²) in [4.78, 5) is 24.3. The van der Waals surface area contributed by atoms with Crippen LogP contribution in [0.4, 0.5) is 17.5 Å². The van der Waals surface area contributed by atoms with Crippen LogP contribution in [0.15, 0.2) is 40.4 Å². The molecule has 1 aromatic carbocycles. The molecule has 9 heteroatoms. The molecular weight excluding hydrogens is 436 g/mol. The second-order valence-corrected chi connectivity index (χ2v) is 10.0. The van der Waals surface area contributed by atoms with Crippen molar-refractivity contribution in [2.75, 3.05) is 23.3 Å². The van der Waals surface area contributed by atoms with Crippen molar-refractivity contribution in [3.8, 4) is 0 Å². The number of aryl methyl sites for hydroxylation is 1. The van der Waals surface area contributed by atoms with Gasteiger partial charge in [0, 0.05) is 41.7 Å². The molecule has 0 unspecified atom stereocenters. The van der Waals surface area contributed by atoms with Gasteiger partial charge in [0.25, 0.3) is 0 Å². The lowest BCUT2D eigenvalue weighted by Gasteiger charge is -2.37. The minimum atomic E-state index is -0.635. The van der Waals surface area contributed by atoms with E-state index in [2.05, 4.69) is 20.4 Å². The smallest absolute Gasteiger partial charge is 0.196 e. The molecule has 1 aliphatic rings. The number of aliphatic hydroxyl groups is 1. The third kappa shape index (κ3) is 5.91. The minimum Gasteiger partial charge on any atom is -0.390 e. The monoisotopic (exact) mass is 466 g/mol. The Hall–Kier alpha value is -2.91. The standard InChI is InChI=1S/C24H30N6O2S/c1-15-13-20(29-28-15)25-21-17(3)22(30-11-9-24(4,32)10-12-30)27-23(26-21)33-19-7-5-18(6-8-19)14-16(2)31/h5-8,13,32H,9-12,14H2,1-4H3,(H2,25,26,27,28,29). The highest BCUT2D eigenvalue weighted by atomic mass is 32.2. The summed E-state index contributed by atoms with van der Waals surface area (Å²) in [6.07, 6.45) is 1.82. The van der Waals surface area contributed by atoms with E-state index in [1.807, 2.05) is 51.1 Å². The zero-order valence-electron chi connectivity index (χ0n) is 19.5. The van der Waals surface area contributed by atoms with Gasteiger partial charge in [-0.2, -0.15) is 5.10 Å². The van der Waals surface area contributed by atoms with Gasteiger partial charge in [0.1, 0.15) is 17.4 Å². The first-order chi connectivity index (χ1) is 15.7. The maximum atomic E-state index is 11.4.